The summed E-state index contributed by atoms with van der Waals surface area (Å²) in [5.41, 5.74) is 5.49. The average molecular weight is 393 g/mol. The molecule has 0 radical (unpaired) electrons. The lowest BCUT2D eigenvalue weighted by Crippen LogP contribution is -3.00. The highest BCUT2D eigenvalue weighted by molar-refractivity contribution is 5.93. The Kier molecular flexibility index (Phi) is 9.12. The first-order valence-corrected chi connectivity index (χ1v) is 8.85. The number of hydrogen-bond acceptors (Lipinski definition) is 3. The SMILES string of the molecule is COc1ccc(CC[NH2+]CC(=O)Nc2c(C)cc(C)cc2C)cc1OC.[Cl-]. The highest BCUT2D eigenvalue weighted by Crippen LogP contribution is 2.27. The first-order chi connectivity index (χ1) is 12.4. The molecule has 0 aromatic heterocycles. The molecule has 0 unspecified atom stereocenters. The van der Waals surface area contributed by atoms with E-state index in [9.17, 15) is 4.79 Å². The van der Waals surface area contributed by atoms with Gasteiger partial charge in [-0.15, -0.1) is 0 Å². The van der Waals surface area contributed by atoms with Crippen molar-refractivity contribution >= 4 is 11.6 Å². The molecule has 0 aliphatic heterocycles. The van der Waals surface area contributed by atoms with E-state index >= 15 is 0 Å². The lowest BCUT2D eigenvalue weighted by molar-refractivity contribution is -0.643. The van der Waals surface area contributed by atoms with Gasteiger partial charge in [0, 0.05) is 12.1 Å². The fourth-order valence-electron chi connectivity index (χ4n) is 3.11. The molecule has 0 atom stereocenters. The van der Waals surface area contributed by atoms with E-state index in [1.165, 1.54) is 5.56 Å². The zero-order valence-corrected chi connectivity index (χ0v) is 17.4. The standard InChI is InChI=1S/C21H28N2O3.ClH/c1-14-10-15(2)21(16(3)11-14)23-20(24)13-22-9-8-17-6-7-18(25-4)19(12-17)26-5;/h6-7,10-12,22H,8-9,13H2,1-5H3,(H,23,24);1H. The van der Waals surface area contributed by atoms with Crippen molar-refractivity contribution in [1.29, 1.82) is 0 Å². The van der Waals surface area contributed by atoms with E-state index < -0.39 is 0 Å². The molecule has 5 nitrogen and oxygen atoms in total. The first kappa shape index (κ1) is 22.8. The van der Waals surface area contributed by atoms with Crippen molar-refractivity contribution in [3.05, 3.63) is 52.6 Å². The molecule has 0 bridgehead atoms. The molecule has 0 aliphatic carbocycles. The first-order valence-electron chi connectivity index (χ1n) is 8.85. The minimum absolute atomic E-state index is 0. The number of nitrogens with two attached hydrogens (primary N) is 1. The summed E-state index contributed by atoms with van der Waals surface area (Å²) in [5.74, 6) is 1.48. The van der Waals surface area contributed by atoms with Crippen molar-refractivity contribution in [3.63, 3.8) is 0 Å². The Morgan fingerprint density at radius 3 is 2.22 bits per heavy atom. The number of anilines is 1. The van der Waals surface area contributed by atoms with Gasteiger partial charge >= 0.3 is 0 Å². The number of rotatable bonds is 8. The van der Waals surface area contributed by atoms with Crippen LogP contribution in [0.25, 0.3) is 0 Å². The summed E-state index contributed by atoms with van der Waals surface area (Å²) in [5, 5.41) is 5.05. The number of amides is 1. The molecule has 0 spiro atoms. The van der Waals surface area contributed by atoms with Gasteiger partial charge in [-0.25, -0.2) is 0 Å². The highest BCUT2D eigenvalue weighted by Gasteiger charge is 2.10. The van der Waals surface area contributed by atoms with Gasteiger partial charge in [0.05, 0.1) is 20.8 Å². The number of ether oxygens (including phenoxy) is 2. The third-order valence-electron chi connectivity index (χ3n) is 4.36. The van der Waals surface area contributed by atoms with E-state index in [0.717, 1.165) is 46.8 Å². The van der Waals surface area contributed by atoms with Crippen LogP contribution in [0.2, 0.25) is 0 Å². The largest absolute Gasteiger partial charge is 1.00 e. The van der Waals surface area contributed by atoms with Gasteiger partial charge in [0.2, 0.25) is 0 Å². The van der Waals surface area contributed by atoms with Crippen LogP contribution in [0.4, 0.5) is 5.69 Å². The van der Waals surface area contributed by atoms with E-state index in [1.54, 1.807) is 14.2 Å². The van der Waals surface area contributed by atoms with Crippen LogP contribution in [0.3, 0.4) is 0 Å². The maximum atomic E-state index is 12.2. The van der Waals surface area contributed by atoms with Gasteiger partial charge in [0.15, 0.2) is 18.0 Å². The zero-order valence-electron chi connectivity index (χ0n) is 16.7. The molecule has 3 N–H and O–H groups in total. The van der Waals surface area contributed by atoms with Gasteiger partial charge in [0.25, 0.3) is 5.91 Å². The molecular weight excluding hydrogens is 364 g/mol. The lowest BCUT2D eigenvalue weighted by atomic mass is 10.1. The van der Waals surface area contributed by atoms with Crippen molar-refractivity contribution in [2.75, 3.05) is 32.6 Å². The van der Waals surface area contributed by atoms with Crippen molar-refractivity contribution in [3.8, 4) is 11.5 Å². The summed E-state index contributed by atoms with van der Waals surface area (Å²) in [6.07, 6.45) is 0.857. The number of carbonyl (C=O) groups excluding carboxylic acids is 1. The summed E-state index contributed by atoms with van der Waals surface area (Å²) < 4.78 is 10.6. The molecule has 1 amide bonds. The third-order valence-corrected chi connectivity index (χ3v) is 4.36. The van der Waals surface area contributed by atoms with Crippen molar-refractivity contribution < 1.29 is 32.0 Å². The van der Waals surface area contributed by atoms with Gasteiger partial charge in [-0.05, 0) is 49.6 Å². The fourth-order valence-corrected chi connectivity index (χ4v) is 3.11. The van der Waals surface area contributed by atoms with Crippen LogP contribution < -0.4 is 32.5 Å². The normalized spacial score (nSPS) is 10.1. The molecule has 2 rings (SSSR count). The van der Waals surface area contributed by atoms with Gasteiger partial charge in [-0.1, -0.05) is 23.8 Å². The monoisotopic (exact) mass is 392 g/mol. The Balaban J connectivity index is 0.00000364. The second-order valence-corrected chi connectivity index (χ2v) is 6.54. The van der Waals surface area contributed by atoms with E-state index in [2.05, 4.69) is 24.4 Å². The number of hydrogen-bond donors (Lipinski definition) is 2. The number of nitrogens with one attached hydrogen (secondary N) is 1. The second kappa shape index (κ2) is 10.8. The van der Waals surface area contributed by atoms with Crippen LogP contribution in [-0.4, -0.2) is 33.2 Å². The molecule has 0 aliphatic rings. The second-order valence-electron chi connectivity index (χ2n) is 6.54. The minimum Gasteiger partial charge on any atom is -1.00 e. The Morgan fingerprint density at radius 2 is 1.63 bits per heavy atom. The lowest BCUT2D eigenvalue weighted by Gasteiger charge is -2.12. The Morgan fingerprint density at radius 1 is 1.00 bits per heavy atom. The maximum Gasteiger partial charge on any atom is 0.279 e. The average Bonchev–Trinajstić information content (AvgIpc) is 2.61. The third kappa shape index (κ3) is 6.45. The van der Waals surface area contributed by atoms with Crippen LogP contribution in [-0.2, 0) is 11.2 Å². The zero-order chi connectivity index (χ0) is 19.1. The van der Waals surface area contributed by atoms with Gasteiger partial charge in [-0.3, -0.25) is 4.79 Å². The maximum absolute atomic E-state index is 12.2. The number of aryl methyl sites for hydroxylation is 3. The molecule has 0 heterocycles. The number of benzene rings is 2. The van der Waals surface area contributed by atoms with Crippen LogP contribution in [0.15, 0.2) is 30.3 Å². The van der Waals surface area contributed by atoms with Crippen LogP contribution in [0.5, 0.6) is 11.5 Å². The Bertz CT molecular complexity index is 755. The number of carbonyl (C=O) groups is 1. The molecule has 0 saturated heterocycles. The molecule has 6 heteroatoms. The summed E-state index contributed by atoms with van der Waals surface area (Å²) in [6.45, 7) is 7.34. The molecular formula is C21H29ClN2O3. The topological polar surface area (TPSA) is 64.2 Å². The van der Waals surface area contributed by atoms with Crippen molar-refractivity contribution in [2.24, 2.45) is 0 Å². The Labute approximate surface area is 167 Å². The number of halogens is 1. The molecule has 2 aromatic carbocycles. The van der Waals surface area contributed by atoms with E-state index in [4.69, 9.17) is 9.47 Å². The molecule has 0 fully saturated rings. The fraction of sp³-hybridized carbons (Fsp3) is 0.381. The van der Waals surface area contributed by atoms with E-state index in [1.807, 2.05) is 37.4 Å². The summed E-state index contributed by atoms with van der Waals surface area (Å²) in [4.78, 5) is 12.2. The molecule has 2 aromatic rings. The van der Waals surface area contributed by atoms with Crippen LogP contribution >= 0.6 is 0 Å². The Hall–Kier alpha value is -2.24. The predicted molar refractivity (Wildman–Crippen MR) is 104 cm³/mol. The summed E-state index contributed by atoms with van der Waals surface area (Å²) in [7, 11) is 3.26. The van der Waals surface area contributed by atoms with Crippen molar-refractivity contribution in [1.82, 2.24) is 0 Å². The molecule has 27 heavy (non-hydrogen) atoms. The smallest absolute Gasteiger partial charge is 0.279 e. The molecule has 148 valence electrons. The number of quaternary nitrogens is 1. The quantitative estimate of drug-likeness (QED) is 0.588. The van der Waals surface area contributed by atoms with E-state index in [0.29, 0.717) is 6.54 Å². The van der Waals surface area contributed by atoms with Crippen molar-refractivity contribution in [2.45, 2.75) is 27.2 Å². The van der Waals surface area contributed by atoms with Crippen LogP contribution in [0, 0.1) is 20.8 Å². The van der Waals surface area contributed by atoms with Gasteiger partial charge in [0.1, 0.15) is 0 Å². The minimum atomic E-state index is 0. The summed E-state index contributed by atoms with van der Waals surface area (Å²) in [6, 6.07) is 10.1. The van der Waals surface area contributed by atoms with Gasteiger partial charge in [-0.2, -0.15) is 0 Å². The summed E-state index contributed by atoms with van der Waals surface area (Å²) >= 11 is 0. The van der Waals surface area contributed by atoms with Crippen LogP contribution in [0.1, 0.15) is 22.3 Å². The van der Waals surface area contributed by atoms with Gasteiger partial charge < -0.3 is 32.5 Å². The predicted octanol–water partition coefficient (Wildman–Crippen LogP) is -0.622. The highest BCUT2D eigenvalue weighted by atomic mass is 35.5. The number of methoxy groups -OCH3 is 2. The molecule has 0 saturated carbocycles. The van der Waals surface area contributed by atoms with E-state index in [-0.39, 0.29) is 18.3 Å².